The number of amides is 2. The fraction of sp³-hybridized carbons (Fsp3) is 0.391. The quantitative estimate of drug-likeness (QED) is 0.643. The van der Waals surface area contributed by atoms with Crippen molar-refractivity contribution in [3.05, 3.63) is 54.3 Å². The number of benzene rings is 2. The van der Waals surface area contributed by atoms with Gasteiger partial charge in [-0.15, -0.1) is 0 Å². The van der Waals surface area contributed by atoms with Gasteiger partial charge >= 0.3 is 0 Å². The van der Waals surface area contributed by atoms with Gasteiger partial charge in [0.25, 0.3) is 0 Å². The predicted molar refractivity (Wildman–Crippen MR) is 120 cm³/mol. The molecule has 31 heavy (non-hydrogen) atoms. The van der Waals surface area contributed by atoms with Crippen LogP contribution in [-0.4, -0.2) is 62.7 Å². The summed E-state index contributed by atoms with van der Waals surface area (Å²) in [5, 5.41) is 5.64. The van der Waals surface area contributed by atoms with Crippen molar-refractivity contribution in [1.29, 1.82) is 0 Å². The van der Waals surface area contributed by atoms with Crippen LogP contribution in [0.1, 0.15) is 13.3 Å². The minimum atomic E-state index is -0.350. The third kappa shape index (κ3) is 7.34. The number of ether oxygens (including phenoxy) is 1. The lowest BCUT2D eigenvalue weighted by molar-refractivity contribution is -0.119. The molecular weight excluding hydrogens is 399 g/mol. The van der Waals surface area contributed by atoms with Crippen molar-refractivity contribution in [2.45, 2.75) is 13.3 Å². The van der Waals surface area contributed by atoms with E-state index in [-0.39, 0.29) is 30.6 Å². The van der Waals surface area contributed by atoms with Crippen LogP contribution in [-0.2, 0) is 14.3 Å². The lowest BCUT2D eigenvalue weighted by atomic mass is 10.2. The summed E-state index contributed by atoms with van der Waals surface area (Å²) in [6.45, 7) is 6.44. The highest BCUT2D eigenvalue weighted by Gasteiger charge is 2.13. The van der Waals surface area contributed by atoms with Crippen molar-refractivity contribution < 1.29 is 18.7 Å². The Morgan fingerprint density at radius 2 is 1.55 bits per heavy atom. The van der Waals surface area contributed by atoms with Gasteiger partial charge in [-0.1, -0.05) is 6.92 Å². The maximum Gasteiger partial charge on any atom is 0.238 e. The average molecular weight is 429 g/mol. The van der Waals surface area contributed by atoms with E-state index in [0.717, 1.165) is 37.7 Å². The Morgan fingerprint density at radius 1 is 0.968 bits per heavy atom. The number of nitrogens with one attached hydrogen (secondary N) is 2. The van der Waals surface area contributed by atoms with Crippen molar-refractivity contribution in [3.63, 3.8) is 0 Å². The summed E-state index contributed by atoms with van der Waals surface area (Å²) in [4.78, 5) is 28.7. The van der Waals surface area contributed by atoms with Crippen molar-refractivity contribution in [2.24, 2.45) is 0 Å². The lowest BCUT2D eigenvalue weighted by Crippen LogP contribution is -2.36. The molecule has 0 spiro atoms. The molecule has 2 aromatic carbocycles. The standard InChI is InChI=1S/C23H29FN4O3/c1-2-27(12-11-22(29)25-19-5-3-18(24)4-6-19)17-23(30)26-20-7-9-21(10-8-20)28-13-15-31-16-14-28/h3-10H,2,11-17H2,1H3,(H,25,29)(H,26,30). The van der Waals surface area contributed by atoms with E-state index in [9.17, 15) is 14.0 Å². The Morgan fingerprint density at radius 3 is 2.16 bits per heavy atom. The SMILES string of the molecule is CCN(CCC(=O)Nc1ccc(F)cc1)CC(=O)Nc1ccc(N2CCOCC2)cc1. The third-order valence-corrected chi connectivity index (χ3v) is 5.12. The molecule has 0 bridgehead atoms. The lowest BCUT2D eigenvalue weighted by Gasteiger charge is -2.29. The normalized spacial score (nSPS) is 13.8. The van der Waals surface area contributed by atoms with Crippen LogP contribution in [0.25, 0.3) is 0 Å². The van der Waals surface area contributed by atoms with Gasteiger partial charge in [0.05, 0.1) is 19.8 Å². The molecule has 0 unspecified atom stereocenters. The van der Waals surface area contributed by atoms with E-state index >= 15 is 0 Å². The second-order valence-corrected chi connectivity index (χ2v) is 7.37. The third-order valence-electron chi connectivity index (χ3n) is 5.12. The predicted octanol–water partition coefficient (Wildman–Crippen LogP) is 2.95. The molecule has 2 amide bonds. The smallest absolute Gasteiger partial charge is 0.238 e. The molecule has 0 saturated carbocycles. The van der Waals surface area contributed by atoms with Crippen LogP contribution < -0.4 is 15.5 Å². The van der Waals surface area contributed by atoms with Gasteiger partial charge in [0.2, 0.25) is 11.8 Å². The van der Waals surface area contributed by atoms with E-state index in [4.69, 9.17) is 4.74 Å². The van der Waals surface area contributed by atoms with Crippen LogP contribution in [0.4, 0.5) is 21.5 Å². The van der Waals surface area contributed by atoms with Gasteiger partial charge in [-0.05, 0) is 55.1 Å². The Hall–Kier alpha value is -2.97. The molecule has 1 aliphatic rings. The van der Waals surface area contributed by atoms with Gasteiger partial charge in [0, 0.05) is 43.1 Å². The first-order valence-electron chi connectivity index (χ1n) is 10.5. The van der Waals surface area contributed by atoms with Crippen LogP contribution in [0.15, 0.2) is 48.5 Å². The summed E-state index contributed by atoms with van der Waals surface area (Å²) in [6.07, 6.45) is 0.243. The number of anilines is 3. The maximum atomic E-state index is 12.9. The number of morpholine rings is 1. The molecule has 2 aromatic rings. The molecule has 1 heterocycles. The molecule has 1 aliphatic heterocycles. The van der Waals surface area contributed by atoms with Crippen LogP contribution in [0.3, 0.4) is 0 Å². The van der Waals surface area contributed by atoms with E-state index in [0.29, 0.717) is 18.8 Å². The molecule has 3 rings (SSSR count). The second-order valence-electron chi connectivity index (χ2n) is 7.37. The summed E-state index contributed by atoms with van der Waals surface area (Å²) in [6, 6.07) is 13.4. The Kier molecular flexibility index (Phi) is 8.37. The molecule has 1 fully saturated rings. The highest BCUT2D eigenvalue weighted by molar-refractivity contribution is 5.93. The number of hydrogen-bond acceptors (Lipinski definition) is 5. The highest BCUT2D eigenvalue weighted by atomic mass is 19.1. The molecule has 0 aromatic heterocycles. The van der Waals surface area contributed by atoms with Gasteiger partial charge in [-0.2, -0.15) is 0 Å². The van der Waals surface area contributed by atoms with Gasteiger partial charge in [0.15, 0.2) is 0 Å². The first kappa shape index (κ1) is 22.7. The number of carbonyl (C=O) groups excluding carboxylic acids is 2. The highest BCUT2D eigenvalue weighted by Crippen LogP contribution is 2.19. The second kappa shape index (κ2) is 11.4. The van der Waals surface area contributed by atoms with Crippen molar-refractivity contribution >= 4 is 28.9 Å². The molecular formula is C23H29FN4O3. The van der Waals surface area contributed by atoms with Gasteiger partial charge in [-0.25, -0.2) is 4.39 Å². The number of hydrogen-bond donors (Lipinski definition) is 2. The monoisotopic (exact) mass is 428 g/mol. The van der Waals surface area contributed by atoms with Gasteiger partial charge in [0.1, 0.15) is 5.82 Å². The summed E-state index contributed by atoms with van der Waals surface area (Å²) in [7, 11) is 0. The van der Waals surface area contributed by atoms with E-state index in [1.807, 2.05) is 36.1 Å². The number of likely N-dealkylation sites (N-methyl/N-ethyl adjacent to an activating group) is 1. The van der Waals surface area contributed by atoms with Crippen molar-refractivity contribution in [1.82, 2.24) is 4.90 Å². The maximum absolute atomic E-state index is 12.9. The van der Waals surface area contributed by atoms with Gasteiger partial charge in [-0.3, -0.25) is 14.5 Å². The Balaban J connectivity index is 1.42. The van der Waals surface area contributed by atoms with Crippen molar-refractivity contribution in [2.75, 3.05) is 61.5 Å². The number of carbonyl (C=O) groups is 2. The van der Waals surface area contributed by atoms with E-state index in [1.54, 1.807) is 0 Å². The zero-order valence-corrected chi connectivity index (χ0v) is 17.8. The average Bonchev–Trinajstić information content (AvgIpc) is 2.79. The van der Waals surface area contributed by atoms with Crippen LogP contribution in [0.5, 0.6) is 0 Å². The molecule has 1 saturated heterocycles. The van der Waals surface area contributed by atoms with Gasteiger partial charge < -0.3 is 20.3 Å². The molecule has 7 nitrogen and oxygen atoms in total. The number of rotatable bonds is 9. The van der Waals surface area contributed by atoms with Crippen LogP contribution >= 0.6 is 0 Å². The first-order chi connectivity index (χ1) is 15.0. The summed E-state index contributed by atoms with van der Waals surface area (Å²) >= 11 is 0. The zero-order valence-electron chi connectivity index (χ0n) is 17.8. The summed E-state index contributed by atoms with van der Waals surface area (Å²) in [5.74, 6) is -0.652. The largest absolute Gasteiger partial charge is 0.378 e. The van der Waals surface area contributed by atoms with Crippen LogP contribution in [0.2, 0.25) is 0 Å². The molecule has 166 valence electrons. The Bertz CT molecular complexity index is 852. The van der Waals surface area contributed by atoms with E-state index < -0.39 is 0 Å². The molecule has 0 atom stereocenters. The fourth-order valence-corrected chi connectivity index (χ4v) is 3.35. The molecule has 8 heteroatoms. The summed E-state index contributed by atoms with van der Waals surface area (Å²) < 4.78 is 18.3. The number of nitrogens with zero attached hydrogens (tertiary/aromatic N) is 2. The Labute approximate surface area is 182 Å². The fourth-order valence-electron chi connectivity index (χ4n) is 3.35. The molecule has 0 radical (unpaired) electrons. The number of halogens is 1. The summed E-state index contributed by atoms with van der Waals surface area (Å²) in [5.41, 5.74) is 2.41. The minimum absolute atomic E-state index is 0.125. The van der Waals surface area contributed by atoms with E-state index in [2.05, 4.69) is 15.5 Å². The topological polar surface area (TPSA) is 73.9 Å². The van der Waals surface area contributed by atoms with Crippen LogP contribution in [0, 0.1) is 5.82 Å². The molecule has 0 aliphatic carbocycles. The zero-order chi connectivity index (χ0) is 22.1. The minimum Gasteiger partial charge on any atom is -0.378 e. The van der Waals surface area contributed by atoms with Crippen molar-refractivity contribution in [3.8, 4) is 0 Å². The molecule has 2 N–H and O–H groups in total. The van der Waals surface area contributed by atoms with E-state index in [1.165, 1.54) is 24.3 Å². The first-order valence-corrected chi connectivity index (χ1v) is 10.5.